The zero-order chi connectivity index (χ0) is 22.1. The Balaban J connectivity index is 1.99. The molecule has 1 aromatic heterocycles. The molecule has 9 heteroatoms. The lowest BCUT2D eigenvalue weighted by Gasteiger charge is -2.29. The third-order valence-electron chi connectivity index (χ3n) is 4.24. The summed E-state index contributed by atoms with van der Waals surface area (Å²) in [5, 5.41) is 5.72. The van der Waals surface area contributed by atoms with Crippen molar-refractivity contribution in [2.24, 2.45) is 5.41 Å². The Bertz CT molecular complexity index is 1070. The number of thiocarbonyl (C=S) groups is 1. The van der Waals surface area contributed by atoms with Crippen molar-refractivity contribution >= 4 is 64.2 Å². The van der Waals surface area contributed by atoms with E-state index in [1.54, 1.807) is 57.2 Å². The molecule has 0 spiro atoms. The molecule has 3 rings (SSSR count). The number of hydrogen-bond donors (Lipinski definition) is 2. The average molecular weight is 443 g/mol. The smallest absolute Gasteiger partial charge is 0.270 e. The molecule has 2 aromatic rings. The maximum atomic E-state index is 13.1. The van der Waals surface area contributed by atoms with Crippen LogP contribution in [-0.4, -0.2) is 27.8 Å². The third-order valence-corrected chi connectivity index (χ3v) is 4.77. The van der Waals surface area contributed by atoms with Gasteiger partial charge in [0.2, 0.25) is 5.91 Å². The number of aromatic nitrogens is 1. The minimum atomic E-state index is -0.641. The number of nitrogens with zero attached hydrogens (tertiary/aromatic N) is 2. The molecule has 2 N–H and O–H groups in total. The van der Waals surface area contributed by atoms with Crippen LogP contribution in [-0.2, 0) is 14.4 Å². The second-order valence-corrected chi connectivity index (χ2v) is 8.40. The molecule has 2 heterocycles. The van der Waals surface area contributed by atoms with Gasteiger partial charge in [-0.05, 0) is 54.7 Å². The van der Waals surface area contributed by atoms with E-state index in [1.165, 1.54) is 17.2 Å². The SMILES string of the molecule is CC(C)(C)C(=O)Nc1ncccc1C=C1C(=O)NC(=S)N(c2ccc(Cl)cc2)C1=O. The maximum Gasteiger partial charge on any atom is 0.270 e. The van der Waals surface area contributed by atoms with Gasteiger partial charge in [-0.25, -0.2) is 4.98 Å². The largest absolute Gasteiger partial charge is 0.310 e. The second kappa shape index (κ2) is 8.33. The summed E-state index contributed by atoms with van der Waals surface area (Å²) in [6, 6.07) is 9.79. The Hall–Kier alpha value is -3.10. The van der Waals surface area contributed by atoms with Crippen LogP contribution in [0.3, 0.4) is 0 Å². The van der Waals surface area contributed by atoms with Crippen LogP contribution < -0.4 is 15.5 Å². The molecule has 30 heavy (non-hydrogen) atoms. The molecular weight excluding hydrogens is 424 g/mol. The predicted octanol–water partition coefficient (Wildman–Crippen LogP) is 3.55. The van der Waals surface area contributed by atoms with E-state index in [2.05, 4.69) is 15.6 Å². The summed E-state index contributed by atoms with van der Waals surface area (Å²) >= 11 is 11.1. The predicted molar refractivity (Wildman–Crippen MR) is 120 cm³/mol. The van der Waals surface area contributed by atoms with E-state index >= 15 is 0 Å². The highest BCUT2D eigenvalue weighted by molar-refractivity contribution is 7.80. The molecule has 1 aromatic carbocycles. The topological polar surface area (TPSA) is 91.4 Å². The molecule has 0 saturated carbocycles. The second-order valence-electron chi connectivity index (χ2n) is 7.58. The summed E-state index contributed by atoms with van der Waals surface area (Å²) in [7, 11) is 0. The fourth-order valence-electron chi connectivity index (χ4n) is 2.57. The number of carbonyl (C=O) groups excluding carboxylic acids is 3. The van der Waals surface area contributed by atoms with Crippen molar-refractivity contribution in [3.8, 4) is 0 Å². The molecule has 1 fully saturated rings. The number of anilines is 2. The van der Waals surface area contributed by atoms with Crippen molar-refractivity contribution in [2.75, 3.05) is 10.2 Å². The van der Waals surface area contributed by atoms with Crippen molar-refractivity contribution in [2.45, 2.75) is 20.8 Å². The molecule has 154 valence electrons. The van der Waals surface area contributed by atoms with Gasteiger partial charge in [-0.3, -0.25) is 24.6 Å². The fraction of sp³-hybridized carbons (Fsp3) is 0.190. The van der Waals surface area contributed by atoms with Crippen LogP contribution in [0, 0.1) is 5.41 Å². The number of amides is 3. The number of carbonyl (C=O) groups is 3. The highest BCUT2D eigenvalue weighted by atomic mass is 35.5. The first kappa shape index (κ1) is 21.6. The molecule has 0 bridgehead atoms. The highest BCUT2D eigenvalue weighted by Crippen LogP contribution is 2.25. The number of halogens is 1. The monoisotopic (exact) mass is 442 g/mol. The molecule has 1 aliphatic rings. The molecule has 1 saturated heterocycles. The first-order chi connectivity index (χ1) is 14.1. The molecule has 3 amide bonds. The number of rotatable bonds is 3. The van der Waals surface area contributed by atoms with E-state index < -0.39 is 17.2 Å². The Morgan fingerprint density at radius 3 is 2.50 bits per heavy atom. The number of benzene rings is 1. The van der Waals surface area contributed by atoms with Crippen molar-refractivity contribution in [1.29, 1.82) is 0 Å². The van der Waals surface area contributed by atoms with Crippen molar-refractivity contribution < 1.29 is 14.4 Å². The summed E-state index contributed by atoms with van der Waals surface area (Å²) in [6.07, 6.45) is 2.89. The lowest BCUT2D eigenvalue weighted by Crippen LogP contribution is -2.54. The van der Waals surface area contributed by atoms with Gasteiger partial charge in [0.05, 0.1) is 5.69 Å². The molecule has 7 nitrogen and oxygen atoms in total. The van der Waals surface area contributed by atoms with E-state index in [9.17, 15) is 14.4 Å². The Kier molecular flexibility index (Phi) is 6.00. The summed E-state index contributed by atoms with van der Waals surface area (Å²) in [5.41, 5.74) is 0.0976. The van der Waals surface area contributed by atoms with Gasteiger partial charge in [0.1, 0.15) is 11.4 Å². The summed E-state index contributed by atoms with van der Waals surface area (Å²) in [5.74, 6) is -1.23. The van der Waals surface area contributed by atoms with Gasteiger partial charge in [0.25, 0.3) is 11.8 Å². The van der Waals surface area contributed by atoms with Gasteiger partial charge in [-0.2, -0.15) is 0 Å². The van der Waals surface area contributed by atoms with E-state index in [0.717, 1.165) is 0 Å². The number of hydrogen-bond acceptors (Lipinski definition) is 5. The van der Waals surface area contributed by atoms with Crippen molar-refractivity contribution in [3.05, 3.63) is 58.8 Å². The maximum absolute atomic E-state index is 13.1. The van der Waals surface area contributed by atoms with Crippen molar-refractivity contribution in [1.82, 2.24) is 10.3 Å². The van der Waals surface area contributed by atoms with Crippen LogP contribution in [0.25, 0.3) is 6.08 Å². The van der Waals surface area contributed by atoms with Gasteiger partial charge < -0.3 is 5.32 Å². The first-order valence-corrected chi connectivity index (χ1v) is 9.80. The van der Waals surface area contributed by atoms with Crippen LogP contribution in [0.4, 0.5) is 11.5 Å². The van der Waals surface area contributed by atoms with Crippen LogP contribution in [0.1, 0.15) is 26.3 Å². The van der Waals surface area contributed by atoms with Gasteiger partial charge >= 0.3 is 0 Å². The molecular formula is C21H19ClN4O3S. The first-order valence-electron chi connectivity index (χ1n) is 9.01. The summed E-state index contributed by atoms with van der Waals surface area (Å²) < 4.78 is 0. The van der Waals surface area contributed by atoms with E-state index in [-0.39, 0.29) is 22.4 Å². The Morgan fingerprint density at radius 1 is 1.20 bits per heavy atom. The van der Waals surface area contributed by atoms with E-state index in [4.69, 9.17) is 23.8 Å². The van der Waals surface area contributed by atoms with Crippen LogP contribution in [0.15, 0.2) is 48.2 Å². The Morgan fingerprint density at radius 2 is 1.87 bits per heavy atom. The fourth-order valence-corrected chi connectivity index (χ4v) is 2.98. The minimum absolute atomic E-state index is 0.0306. The third kappa shape index (κ3) is 4.55. The van der Waals surface area contributed by atoms with E-state index in [0.29, 0.717) is 16.3 Å². The quantitative estimate of drug-likeness (QED) is 0.431. The summed E-state index contributed by atoms with van der Waals surface area (Å²) in [4.78, 5) is 43.3. The number of pyridine rings is 1. The van der Waals surface area contributed by atoms with E-state index in [1.807, 2.05) is 0 Å². The molecule has 1 aliphatic heterocycles. The lowest BCUT2D eigenvalue weighted by atomic mass is 9.95. The molecule has 0 radical (unpaired) electrons. The van der Waals surface area contributed by atoms with Gasteiger partial charge in [-0.15, -0.1) is 0 Å². The number of nitrogens with one attached hydrogen (secondary N) is 2. The Labute approximate surface area is 184 Å². The molecule has 0 aliphatic carbocycles. The van der Waals surface area contributed by atoms with Crippen LogP contribution in [0.2, 0.25) is 5.02 Å². The van der Waals surface area contributed by atoms with Gasteiger partial charge in [0.15, 0.2) is 5.11 Å². The van der Waals surface area contributed by atoms with Crippen molar-refractivity contribution in [3.63, 3.8) is 0 Å². The minimum Gasteiger partial charge on any atom is -0.310 e. The average Bonchev–Trinajstić information content (AvgIpc) is 2.67. The molecule has 0 atom stereocenters. The zero-order valence-electron chi connectivity index (χ0n) is 16.5. The highest BCUT2D eigenvalue weighted by Gasteiger charge is 2.34. The van der Waals surface area contributed by atoms with Crippen LogP contribution >= 0.6 is 23.8 Å². The molecule has 0 unspecified atom stereocenters. The standard InChI is InChI=1S/C21H19ClN4O3S/c1-21(2,3)19(29)24-16-12(5-4-10-23-16)11-15-17(27)25-20(30)26(18(15)28)14-8-6-13(22)7-9-14/h4-11H,1-3H3,(H,23,24,29)(H,25,27,30). The lowest BCUT2D eigenvalue weighted by molar-refractivity contribution is -0.123. The normalized spacial score (nSPS) is 15.9. The van der Waals surface area contributed by atoms with Crippen LogP contribution in [0.5, 0.6) is 0 Å². The zero-order valence-corrected chi connectivity index (χ0v) is 18.1. The van der Waals surface area contributed by atoms with Gasteiger partial charge in [-0.1, -0.05) is 32.4 Å². The summed E-state index contributed by atoms with van der Waals surface area (Å²) in [6.45, 7) is 5.31. The van der Waals surface area contributed by atoms with Gasteiger partial charge in [0, 0.05) is 22.2 Å².